The molecule has 0 bridgehead atoms. The van der Waals surface area contributed by atoms with Gasteiger partial charge in [0.25, 0.3) is 5.91 Å². The van der Waals surface area contributed by atoms with Crippen LogP contribution in [0.4, 0.5) is 11.4 Å². The minimum Gasteiger partial charge on any atom is -0.381 e. The van der Waals surface area contributed by atoms with Crippen LogP contribution in [0.25, 0.3) is 0 Å². The van der Waals surface area contributed by atoms with Gasteiger partial charge in [0.05, 0.1) is 29.8 Å². The average molecular weight is 481 g/mol. The number of ether oxygens (including phenoxy) is 2. The predicted molar refractivity (Wildman–Crippen MR) is 135 cm³/mol. The Kier molecular flexibility index (Phi) is 8.06. The maximum absolute atomic E-state index is 12.9. The lowest BCUT2D eigenvalue weighted by molar-refractivity contribution is -0.118. The normalized spacial score (nSPS) is 18.4. The number of aromatic amines is 1. The minimum atomic E-state index is -0.405. The van der Waals surface area contributed by atoms with E-state index >= 15 is 0 Å². The summed E-state index contributed by atoms with van der Waals surface area (Å²) in [5, 5.41) is 12.1. The number of nitrogens with zero attached hydrogens (tertiary/aromatic N) is 4. The number of hydrogen-bond acceptors (Lipinski definition) is 7. The molecule has 0 aliphatic carbocycles. The number of nitriles is 1. The smallest absolute Gasteiger partial charge is 0.291 e. The Hall–Kier alpha value is -2.93. The second-order valence-corrected chi connectivity index (χ2v) is 9.87. The van der Waals surface area contributed by atoms with Crippen LogP contribution < -0.4 is 10.2 Å². The highest BCUT2D eigenvalue weighted by Crippen LogP contribution is 2.40. The number of aromatic nitrogens is 2. The number of benzene rings is 1. The van der Waals surface area contributed by atoms with Gasteiger partial charge in [-0.25, -0.2) is 4.98 Å². The molecule has 1 aromatic carbocycles. The van der Waals surface area contributed by atoms with Gasteiger partial charge in [-0.2, -0.15) is 5.26 Å². The first-order chi connectivity index (χ1) is 16.9. The highest BCUT2D eigenvalue weighted by molar-refractivity contribution is 6.03. The number of anilines is 2. The van der Waals surface area contributed by atoms with Gasteiger partial charge >= 0.3 is 0 Å². The summed E-state index contributed by atoms with van der Waals surface area (Å²) in [5.41, 5.74) is 2.70. The predicted octanol–water partition coefficient (Wildman–Crippen LogP) is 3.35. The zero-order valence-corrected chi connectivity index (χ0v) is 21.0. The molecule has 0 saturated carbocycles. The van der Waals surface area contributed by atoms with Gasteiger partial charge in [0, 0.05) is 45.7 Å². The molecule has 0 radical (unpaired) electrons. The molecule has 0 atom stereocenters. The van der Waals surface area contributed by atoms with E-state index in [1.807, 2.05) is 26.2 Å². The summed E-state index contributed by atoms with van der Waals surface area (Å²) in [6.45, 7) is 6.97. The summed E-state index contributed by atoms with van der Waals surface area (Å²) in [6.07, 6.45) is 5.18. The fourth-order valence-electron chi connectivity index (χ4n) is 4.75. The van der Waals surface area contributed by atoms with E-state index in [0.717, 1.165) is 62.3 Å². The van der Waals surface area contributed by atoms with Crippen molar-refractivity contribution >= 4 is 17.3 Å². The van der Waals surface area contributed by atoms with Crippen molar-refractivity contribution in [3.8, 4) is 6.07 Å². The second kappa shape index (κ2) is 11.2. The monoisotopic (exact) mass is 480 g/mol. The molecule has 1 amide bonds. The number of likely N-dealkylation sites (N-methyl/N-ethyl adjacent to an activating group) is 1. The molecule has 9 nitrogen and oxygen atoms in total. The fourth-order valence-corrected chi connectivity index (χ4v) is 4.75. The van der Waals surface area contributed by atoms with Gasteiger partial charge in [0.1, 0.15) is 11.8 Å². The molecule has 9 heteroatoms. The van der Waals surface area contributed by atoms with Crippen LogP contribution in [0.2, 0.25) is 0 Å². The van der Waals surface area contributed by atoms with Crippen molar-refractivity contribution in [2.24, 2.45) is 5.92 Å². The van der Waals surface area contributed by atoms with E-state index in [2.05, 4.69) is 44.1 Å². The molecular formula is C26H36N6O3. The van der Waals surface area contributed by atoms with E-state index in [9.17, 15) is 4.79 Å². The molecular weight excluding hydrogens is 444 g/mol. The van der Waals surface area contributed by atoms with Gasteiger partial charge < -0.3 is 29.6 Å². The number of amides is 1. The first kappa shape index (κ1) is 25.2. The quantitative estimate of drug-likeness (QED) is 0.597. The SMILES string of the molecule is CC1CCN(c2cc(C3(OCCN(C)C)CCOCC3)ccc2NC(=O)c2ncc(C#N)[nH]2)CC1. The van der Waals surface area contributed by atoms with E-state index in [1.54, 1.807) is 0 Å². The molecule has 2 aromatic rings. The standard InChI is InChI=1S/C26H36N6O3/c1-19-6-10-32(11-7-19)23-16-20(26(8-13-34-14-9-26)35-15-12-31(2)3)4-5-22(23)30-25(33)24-28-18-21(17-27)29-24/h4-5,16,18-19H,6-15H2,1-3H3,(H,28,29)(H,30,33). The van der Waals surface area contributed by atoms with Crippen LogP contribution in [0.1, 0.15) is 54.5 Å². The lowest BCUT2D eigenvalue weighted by Crippen LogP contribution is -2.39. The molecule has 2 fully saturated rings. The number of carbonyl (C=O) groups is 1. The van der Waals surface area contributed by atoms with Crippen molar-refractivity contribution < 1.29 is 14.3 Å². The van der Waals surface area contributed by atoms with Gasteiger partial charge in [0.15, 0.2) is 5.82 Å². The summed E-state index contributed by atoms with van der Waals surface area (Å²) in [4.78, 5) is 24.2. The Labute approximate surface area is 207 Å². The van der Waals surface area contributed by atoms with Crippen LogP contribution in [-0.2, 0) is 15.1 Å². The van der Waals surface area contributed by atoms with Crippen molar-refractivity contribution in [2.75, 3.05) is 63.8 Å². The third kappa shape index (κ3) is 6.01. The van der Waals surface area contributed by atoms with E-state index in [0.29, 0.717) is 25.7 Å². The third-order valence-corrected chi connectivity index (χ3v) is 7.03. The molecule has 2 N–H and O–H groups in total. The van der Waals surface area contributed by atoms with E-state index in [-0.39, 0.29) is 17.4 Å². The topological polar surface area (TPSA) is 107 Å². The Bertz CT molecular complexity index is 1050. The van der Waals surface area contributed by atoms with E-state index in [4.69, 9.17) is 14.7 Å². The fraction of sp³-hybridized carbons (Fsp3) is 0.577. The zero-order chi connectivity index (χ0) is 24.8. The highest BCUT2D eigenvalue weighted by atomic mass is 16.5. The van der Waals surface area contributed by atoms with Crippen molar-refractivity contribution in [3.05, 3.63) is 41.5 Å². The maximum Gasteiger partial charge on any atom is 0.291 e. The number of imidazole rings is 1. The van der Waals surface area contributed by atoms with Crippen molar-refractivity contribution in [1.82, 2.24) is 14.9 Å². The molecule has 3 heterocycles. The van der Waals surface area contributed by atoms with Gasteiger partial charge in [-0.3, -0.25) is 4.79 Å². The number of piperidine rings is 1. The number of nitrogens with one attached hydrogen (secondary N) is 2. The number of rotatable bonds is 8. The number of H-pyrrole nitrogens is 1. The summed E-state index contributed by atoms with van der Waals surface area (Å²) in [5.74, 6) is 0.446. The van der Waals surface area contributed by atoms with Crippen LogP contribution in [0.15, 0.2) is 24.4 Å². The Morgan fingerprint density at radius 1 is 1.34 bits per heavy atom. The number of hydrogen-bond donors (Lipinski definition) is 2. The third-order valence-electron chi connectivity index (χ3n) is 7.03. The van der Waals surface area contributed by atoms with Gasteiger partial charge in [0.2, 0.25) is 0 Å². The van der Waals surface area contributed by atoms with Gasteiger partial charge in [-0.1, -0.05) is 13.0 Å². The summed E-state index contributed by atoms with van der Waals surface area (Å²) in [6, 6.07) is 8.20. The van der Waals surface area contributed by atoms with Crippen LogP contribution in [0.3, 0.4) is 0 Å². The largest absolute Gasteiger partial charge is 0.381 e. The van der Waals surface area contributed by atoms with Gasteiger partial charge in [-0.15, -0.1) is 0 Å². The first-order valence-corrected chi connectivity index (χ1v) is 12.4. The molecule has 0 spiro atoms. The Morgan fingerprint density at radius 3 is 2.74 bits per heavy atom. The second-order valence-electron chi connectivity index (χ2n) is 9.87. The Morgan fingerprint density at radius 2 is 2.09 bits per heavy atom. The minimum absolute atomic E-state index is 0.122. The zero-order valence-electron chi connectivity index (χ0n) is 21.0. The molecule has 35 heavy (non-hydrogen) atoms. The van der Waals surface area contributed by atoms with Crippen molar-refractivity contribution in [1.29, 1.82) is 5.26 Å². The van der Waals surface area contributed by atoms with Crippen LogP contribution in [-0.4, -0.2) is 74.3 Å². The van der Waals surface area contributed by atoms with Crippen molar-refractivity contribution in [2.45, 2.75) is 38.2 Å². The molecule has 4 rings (SSSR count). The molecule has 2 aliphatic heterocycles. The average Bonchev–Trinajstić information content (AvgIpc) is 3.35. The summed E-state index contributed by atoms with van der Waals surface area (Å²) in [7, 11) is 4.09. The van der Waals surface area contributed by atoms with E-state index in [1.165, 1.54) is 6.20 Å². The van der Waals surface area contributed by atoms with Gasteiger partial charge in [-0.05, 0) is 50.6 Å². The van der Waals surface area contributed by atoms with E-state index < -0.39 is 5.60 Å². The van der Waals surface area contributed by atoms with Crippen LogP contribution >= 0.6 is 0 Å². The maximum atomic E-state index is 12.9. The first-order valence-electron chi connectivity index (χ1n) is 12.4. The number of carbonyl (C=O) groups excluding carboxylic acids is 1. The van der Waals surface area contributed by atoms with Crippen LogP contribution in [0.5, 0.6) is 0 Å². The Balaban J connectivity index is 1.65. The lowest BCUT2D eigenvalue weighted by Gasteiger charge is -2.39. The highest BCUT2D eigenvalue weighted by Gasteiger charge is 2.36. The molecule has 188 valence electrons. The molecule has 0 unspecified atom stereocenters. The molecule has 2 aliphatic rings. The van der Waals surface area contributed by atoms with Crippen molar-refractivity contribution in [3.63, 3.8) is 0 Å². The molecule has 2 saturated heterocycles. The summed E-state index contributed by atoms with van der Waals surface area (Å²) >= 11 is 0. The molecule has 1 aromatic heterocycles. The van der Waals surface area contributed by atoms with Crippen LogP contribution in [0, 0.1) is 17.2 Å². The summed E-state index contributed by atoms with van der Waals surface area (Å²) < 4.78 is 12.2. The lowest BCUT2D eigenvalue weighted by atomic mass is 9.85.